The molecule has 0 saturated carbocycles. The van der Waals surface area contributed by atoms with Gasteiger partial charge in [0.05, 0.1) is 0 Å². The summed E-state index contributed by atoms with van der Waals surface area (Å²) in [5, 5.41) is 5.27. The number of fused-ring (bicyclic) bond motifs is 8. The Morgan fingerprint density at radius 2 is 1.00 bits per heavy atom. The first-order chi connectivity index (χ1) is 28.9. The summed E-state index contributed by atoms with van der Waals surface area (Å²) in [5.74, 6) is 0.659. The Morgan fingerprint density at radius 1 is 0.467 bits per heavy atom. The fourth-order valence-corrected chi connectivity index (χ4v) is 8.20. The molecule has 0 fully saturated rings. The Bertz CT molecular complexity index is 2770. The van der Waals surface area contributed by atoms with Gasteiger partial charge in [0.25, 0.3) is 0 Å². The quantitative estimate of drug-likeness (QED) is 0.170. The Kier molecular flexibility index (Phi) is 14.3. The van der Waals surface area contributed by atoms with Crippen molar-refractivity contribution in [2.75, 3.05) is 0 Å². The molecule has 304 valence electrons. The molecule has 1 heterocycles. The lowest BCUT2D eigenvalue weighted by atomic mass is 9.81. The van der Waals surface area contributed by atoms with Crippen LogP contribution in [0.2, 0.25) is 0 Å². The zero-order chi connectivity index (χ0) is 42.8. The van der Waals surface area contributed by atoms with Crippen LogP contribution in [0.5, 0.6) is 0 Å². The third kappa shape index (κ3) is 10.2. The van der Waals surface area contributed by atoms with E-state index in [2.05, 4.69) is 203 Å². The van der Waals surface area contributed by atoms with Gasteiger partial charge in [-0.25, -0.2) is 0 Å². The maximum absolute atomic E-state index is 5.79. The Labute approximate surface area is 359 Å². The van der Waals surface area contributed by atoms with Gasteiger partial charge in [0, 0.05) is 16.2 Å². The van der Waals surface area contributed by atoms with Gasteiger partial charge < -0.3 is 4.42 Å². The van der Waals surface area contributed by atoms with Crippen molar-refractivity contribution in [1.82, 2.24) is 0 Å². The largest absolute Gasteiger partial charge is 0.456 e. The normalized spacial score (nSPS) is 11.8. The van der Waals surface area contributed by atoms with Crippen LogP contribution in [0.3, 0.4) is 0 Å². The van der Waals surface area contributed by atoms with E-state index in [1.54, 1.807) is 0 Å². The van der Waals surface area contributed by atoms with E-state index >= 15 is 0 Å². The summed E-state index contributed by atoms with van der Waals surface area (Å²) in [5.41, 5.74) is 17.3. The van der Waals surface area contributed by atoms with Crippen molar-refractivity contribution in [1.29, 1.82) is 0 Å². The lowest BCUT2D eigenvalue weighted by Crippen LogP contribution is -2.15. The highest BCUT2D eigenvalue weighted by Gasteiger charge is 2.36. The van der Waals surface area contributed by atoms with Gasteiger partial charge in [-0.15, -0.1) is 0 Å². The maximum Gasteiger partial charge on any atom is 0.135 e. The molecule has 1 nitrogen and oxygen atoms in total. The highest BCUT2D eigenvalue weighted by Crippen LogP contribution is 2.52. The van der Waals surface area contributed by atoms with Crippen LogP contribution in [-0.2, 0) is 11.8 Å². The van der Waals surface area contributed by atoms with E-state index in [-0.39, 0.29) is 5.41 Å². The molecule has 8 aromatic carbocycles. The molecule has 1 aliphatic carbocycles. The standard InChI is InChI=1S/C21H20.C14H12O.C9H12.C8H10.C7H8/c1-13-9-10-17-18(11-13)21(3,4)19-12-14(2)15-7-5-6-8-16(15)20(17)19;1-2-10-6-5-9-13-14(10)11-7-3-4-8-12(11)15-13;1-8(2)9-6-4-3-5-7-9;1-7-4-3-5-8(2)6-7;1-7-5-3-2-4-6-7/h5-12H,1-4H3;3-9H,2H2,1H3;3-8H,1-2H3;3-6H,1-2H3;2-6H,1H3. The predicted octanol–water partition coefficient (Wildman–Crippen LogP) is 17.0. The van der Waals surface area contributed by atoms with Crippen LogP contribution >= 0.6 is 0 Å². The zero-order valence-electron chi connectivity index (χ0n) is 37.4. The second-order valence-electron chi connectivity index (χ2n) is 17.0. The summed E-state index contributed by atoms with van der Waals surface area (Å²) in [7, 11) is 0. The van der Waals surface area contributed by atoms with E-state index in [1.165, 1.54) is 82.7 Å². The molecule has 0 unspecified atom stereocenters. The van der Waals surface area contributed by atoms with Crippen molar-refractivity contribution in [2.45, 2.75) is 87.0 Å². The number of hydrogen-bond acceptors (Lipinski definition) is 1. The molecule has 0 N–H and O–H groups in total. The fourth-order valence-electron chi connectivity index (χ4n) is 8.20. The number of benzene rings is 8. The van der Waals surface area contributed by atoms with Crippen LogP contribution in [0, 0.1) is 34.6 Å². The SMILES string of the molecule is CC(C)c1ccccc1.CCc1cccc2oc3ccccc3c12.Cc1ccc2c(c1)C(C)(C)c1cc(C)c3ccccc3c1-2.Cc1cccc(C)c1.Cc1ccccc1. The molecule has 0 spiro atoms. The lowest BCUT2D eigenvalue weighted by Gasteiger charge is -2.22. The van der Waals surface area contributed by atoms with Crippen LogP contribution in [0.15, 0.2) is 180 Å². The van der Waals surface area contributed by atoms with E-state index in [0.717, 1.165) is 17.6 Å². The summed E-state index contributed by atoms with van der Waals surface area (Å²) in [6.07, 6.45) is 1.04. The minimum Gasteiger partial charge on any atom is -0.456 e. The fraction of sp³-hybridized carbons (Fsp3) is 0.220. The van der Waals surface area contributed by atoms with Crippen LogP contribution in [0.4, 0.5) is 0 Å². The lowest BCUT2D eigenvalue weighted by molar-refractivity contribution is 0.659. The molecule has 1 heteroatoms. The molecule has 60 heavy (non-hydrogen) atoms. The van der Waals surface area contributed by atoms with Crippen LogP contribution < -0.4 is 0 Å². The van der Waals surface area contributed by atoms with Gasteiger partial charge in [0.15, 0.2) is 0 Å². The number of para-hydroxylation sites is 1. The molecule has 0 saturated heterocycles. The van der Waals surface area contributed by atoms with E-state index < -0.39 is 0 Å². The first-order valence-corrected chi connectivity index (χ1v) is 21.5. The third-order valence-corrected chi connectivity index (χ3v) is 11.5. The second kappa shape index (κ2) is 19.7. The predicted molar refractivity (Wildman–Crippen MR) is 262 cm³/mol. The molecule has 9 aromatic rings. The monoisotopic (exact) mass is 786 g/mol. The topological polar surface area (TPSA) is 13.1 Å². The van der Waals surface area contributed by atoms with Gasteiger partial charge in [0.1, 0.15) is 11.2 Å². The molecule has 10 rings (SSSR count). The van der Waals surface area contributed by atoms with Gasteiger partial charge in [0.2, 0.25) is 0 Å². The average molecular weight is 787 g/mol. The number of rotatable bonds is 2. The van der Waals surface area contributed by atoms with Crippen LogP contribution in [0.1, 0.15) is 90.6 Å². The summed E-state index contributed by atoms with van der Waals surface area (Å²) < 4.78 is 5.79. The van der Waals surface area contributed by atoms with Crippen molar-refractivity contribution in [3.63, 3.8) is 0 Å². The Hall–Kier alpha value is -6.18. The molecular weight excluding hydrogens is 725 g/mol. The van der Waals surface area contributed by atoms with E-state index in [9.17, 15) is 0 Å². The van der Waals surface area contributed by atoms with Gasteiger partial charge in [-0.05, 0) is 109 Å². The van der Waals surface area contributed by atoms with E-state index in [1.807, 2.05) is 42.5 Å². The van der Waals surface area contributed by atoms with Gasteiger partial charge in [-0.1, -0.05) is 221 Å². The smallest absolute Gasteiger partial charge is 0.135 e. The second-order valence-corrected chi connectivity index (χ2v) is 17.0. The minimum absolute atomic E-state index is 0.0888. The van der Waals surface area contributed by atoms with Gasteiger partial charge in [-0.3, -0.25) is 0 Å². The highest BCUT2D eigenvalue weighted by atomic mass is 16.3. The van der Waals surface area contributed by atoms with Crippen molar-refractivity contribution < 1.29 is 4.42 Å². The van der Waals surface area contributed by atoms with Gasteiger partial charge in [-0.2, -0.15) is 0 Å². The highest BCUT2D eigenvalue weighted by molar-refractivity contribution is 6.06. The van der Waals surface area contributed by atoms with Crippen LogP contribution in [0.25, 0.3) is 43.8 Å². The number of hydrogen-bond donors (Lipinski definition) is 0. The summed E-state index contributed by atoms with van der Waals surface area (Å²) in [6.45, 7) is 22.0. The van der Waals surface area contributed by atoms with Crippen molar-refractivity contribution in [3.8, 4) is 11.1 Å². The Morgan fingerprint density at radius 3 is 1.57 bits per heavy atom. The van der Waals surface area contributed by atoms with Crippen molar-refractivity contribution in [2.24, 2.45) is 0 Å². The van der Waals surface area contributed by atoms with Crippen molar-refractivity contribution in [3.05, 3.63) is 226 Å². The average Bonchev–Trinajstić information content (AvgIpc) is 3.74. The molecule has 0 amide bonds. The molecular formula is C59H62O. The summed E-state index contributed by atoms with van der Waals surface area (Å²) >= 11 is 0. The van der Waals surface area contributed by atoms with Crippen LogP contribution in [-0.4, -0.2) is 0 Å². The molecule has 0 radical (unpaired) electrons. The minimum atomic E-state index is 0.0888. The first kappa shape index (κ1) is 43.4. The number of aryl methyl sites for hydroxylation is 6. The van der Waals surface area contributed by atoms with E-state index in [0.29, 0.717) is 5.92 Å². The van der Waals surface area contributed by atoms with E-state index in [4.69, 9.17) is 4.42 Å². The Balaban J connectivity index is 0.000000135. The molecule has 1 aromatic heterocycles. The summed E-state index contributed by atoms with van der Waals surface area (Å²) in [4.78, 5) is 0. The first-order valence-electron chi connectivity index (χ1n) is 21.5. The zero-order valence-corrected chi connectivity index (χ0v) is 37.4. The third-order valence-electron chi connectivity index (χ3n) is 11.5. The molecule has 0 atom stereocenters. The number of furan rings is 1. The molecule has 0 aliphatic heterocycles. The molecule has 1 aliphatic rings. The van der Waals surface area contributed by atoms with Crippen molar-refractivity contribution >= 4 is 32.7 Å². The summed E-state index contributed by atoms with van der Waals surface area (Å²) in [6, 6.07) is 61.8. The molecule has 0 bridgehead atoms. The van der Waals surface area contributed by atoms with Gasteiger partial charge >= 0.3 is 0 Å². The maximum atomic E-state index is 5.79.